The molecule has 0 atom stereocenters. The lowest BCUT2D eigenvalue weighted by Crippen LogP contribution is -2.08. The Kier molecular flexibility index (Phi) is 3.18. The molecule has 0 unspecified atom stereocenters. The van der Waals surface area contributed by atoms with E-state index in [1.165, 1.54) is 14.0 Å². The van der Waals surface area contributed by atoms with E-state index in [-0.39, 0.29) is 11.6 Å². The third kappa shape index (κ3) is 2.20. The van der Waals surface area contributed by atoms with Crippen LogP contribution in [0.5, 0.6) is 5.88 Å². The van der Waals surface area contributed by atoms with Crippen LogP contribution in [0.25, 0.3) is 0 Å². The highest BCUT2D eigenvalue weighted by Gasteiger charge is 2.24. The minimum absolute atomic E-state index is 0.284. The minimum Gasteiger partial charge on any atom is -0.480 e. The molecule has 1 aromatic rings. The largest absolute Gasteiger partial charge is 0.480 e. The van der Waals surface area contributed by atoms with Crippen LogP contribution in [0, 0.1) is 6.92 Å². The Morgan fingerprint density at radius 1 is 1.60 bits per heavy atom. The first kappa shape index (κ1) is 11.4. The summed E-state index contributed by atoms with van der Waals surface area (Å²) in [6, 6.07) is 1.04. The number of carboxylic acids is 1. The Balaban J connectivity index is 3.47. The van der Waals surface area contributed by atoms with Gasteiger partial charge in [-0.1, -0.05) is 0 Å². The first-order valence-electron chi connectivity index (χ1n) is 4.04. The van der Waals surface area contributed by atoms with Gasteiger partial charge < -0.3 is 9.84 Å². The van der Waals surface area contributed by atoms with Crippen LogP contribution in [0.1, 0.15) is 28.0 Å². The van der Waals surface area contributed by atoms with Gasteiger partial charge in [-0.15, -0.1) is 0 Å². The molecule has 1 heterocycles. The highest BCUT2D eigenvalue weighted by Crippen LogP contribution is 2.29. The predicted octanol–water partition coefficient (Wildman–Crippen LogP) is 2.03. The quantitative estimate of drug-likeness (QED) is 0.841. The molecule has 0 aromatic carbocycles. The molecule has 1 N–H and O–H groups in total. The molecule has 4 nitrogen and oxygen atoms in total. The maximum Gasteiger partial charge on any atom is 0.341 e. The topological polar surface area (TPSA) is 59.4 Å². The van der Waals surface area contributed by atoms with E-state index in [1.807, 2.05) is 0 Å². The average molecular weight is 217 g/mol. The van der Waals surface area contributed by atoms with Gasteiger partial charge in [0.15, 0.2) is 0 Å². The third-order valence-electron chi connectivity index (χ3n) is 1.79. The number of halogens is 2. The van der Waals surface area contributed by atoms with E-state index >= 15 is 0 Å². The molecule has 0 bridgehead atoms. The Hall–Kier alpha value is -1.72. The van der Waals surface area contributed by atoms with Gasteiger partial charge in [0.05, 0.1) is 7.11 Å². The SMILES string of the molecule is COc1nc(C)cc(C(F)F)c1C(=O)O. The average Bonchev–Trinajstić information content (AvgIpc) is 2.15. The fourth-order valence-electron chi connectivity index (χ4n) is 1.20. The van der Waals surface area contributed by atoms with E-state index in [2.05, 4.69) is 9.72 Å². The molecule has 0 aliphatic rings. The number of aromatic nitrogens is 1. The number of carboxylic acid groups (broad SMARTS) is 1. The van der Waals surface area contributed by atoms with E-state index in [0.717, 1.165) is 6.07 Å². The molecule has 82 valence electrons. The zero-order chi connectivity index (χ0) is 11.6. The molecule has 0 amide bonds. The molecule has 0 spiro atoms. The van der Waals surface area contributed by atoms with E-state index in [1.54, 1.807) is 0 Å². The van der Waals surface area contributed by atoms with Crippen molar-refractivity contribution in [3.05, 3.63) is 22.9 Å². The Morgan fingerprint density at radius 2 is 2.20 bits per heavy atom. The van der Waals surface area contributed by atoms with Crippen LogP contribution in [0.3, 0.4) is 0 Å². The van der Waals surface area contributed by atoms with Crippen molar-refractivity contribution in [3.8, 4) is 5.88 Å². The third-order valence-corrected chi connectivity index (χ3v) is 1.79. The molecule has 6 heteroatoms. The molecule has 1 rings (SSSR count). The van der Waals surface area contributed by atoms with Gasteiger partial charge in [0, 0.05) is 11.3 Å². The maximum atomic E-state index is 12.5. The molecule has 0 saturated heterocycles. The minimum atomic E-state index is -2.87. The molecule has 0 aliphatic carbocycles. The van der Waals surface area contributed by atoms with E-state index in [4.69, 9.17) is 5.11 Å². The monoisotopic (exact) mass is 217 g/mol. The number of hydrogen-bond donors (Lipinski definition) is 1. The predicted molar refractivity (Wildman–Crippen MR) is 47.4 cm³/mol. The summed E-state index contributed by atoms with van der Waals surface area (Å²) in [6.45, 7) is 1.49. The fraction of sp³-hybridized carbons (Fsp3) is 0.333. The van der Waals surface area contributed by atoms with Gasteiger partial charge in [-0.2, -0.15) is 0 Å². The summed E-state index contributed by atoms with van der Waals surface area (Å²) in [5.41, 5.74) is -0.878. The second-order valence-corrected chi connectivity index (χ2v) is 2.84. The van der Waals surface area contributed by atoms with Crippen molar-refractivity contribution >= 4 is 5.97 Å². The molecule has 0 radical (unpaired) electrons. The van der Waals surface area contributed by atoms with E-state index in [0.29, 0.717) is 0 Å². The zero-order valence-corrected chi connectivity index (χ0v) is 8.12. The Labute approximate surface area is 84.5 Å². The highest BCUT2D eigenvalue weighted by atomic mass is 19.3. The Morgan fingerprint density at radius 3 is 2.60 bits per heavy atom. The number of aryl methyl sites for hydroxylation is 1. The lowest BCUT2D eigenvalue weighted by Gasteiger charge is -2.10. The van der Waals surface area contributed by atoms with Crippen LogP contribution < -0.4 is 4.74 Å². The molecule has 0 aliphatic heterocycles. The number of pyridine rings is 1. The van der Waals surface area contributed by atoms with Gasteiger partial charge in [0.1, 0.15) is 5.56 Å². The summed E-state index contributed by atoms with van der Waals surface area (Å²) in [6.07, 6.45) is -2.87. The summed E-state index contributed by atoms with van der Waals surface area (Å²) in [4.78, 5) is 14.5. The zero-order valence-electron chi connectivity index (χ0n) is 8.12. The lowest BCUT2D eigenvalue weighted by molar-refractivity contribution is 0.0679. The van der Waals surface area contributed by atoms with E-state index in [9.17, 15) is 13.6 Å². The van der Waals surface area contributed by atoms with Crippen LogP contribution in [-0.2, 0) is 0 Å². The van der Waals surface area contributed by atoms with Crippen molar-refractivity contribution in [2.24, 2.45) is 0 Å². The van der Waals surface area contributed by atoms with Crippen LogP contribution >= 0.6 is 0 Å². The van der Waals surface area contributed by atoms with Crippen molar-refractivity contribution in [2.75, 3.05) is 7.11 Å². The van der Waals surface area contributed by atoms with Crippen molar-refractivity contribution in [1.82, 2.24) is 4.98 Å². The number of ether oxygens (including phenoxy) is 1. The smallest absolute Gasteiger partial charge is 0.341 e. The van der Waals surface area contributed by atoms with E-state index < -0.39 is 23.5 Å². The fourth-order valence-corrected chi connectivity index (χ4v) is 1.20. The number of rotatable bonds is 3. The standard InChI is InChI=1S/C9H9F2NO3/c1-4-3-5(7(10)11)6(9(13)14)8(12-4)15-2/h3,7H,1-2H3,(H,13,14). The summed E-state index contributed by atoms with van der Waals surface area (Å²) in [7, 11) is 1.18. The molecular formula is C9H9F2NO3. The molecule has 0 saturated carbocycles. The van der Waals surface area contributed by atoms with Crippen molar-refractivity contribution < 1.29 is 23.4 Å². The molecule has 0 fully saturated rings. The first-order chi connectivity index (χ1) is 6.97. The number of aromatic carboxylic acids is 1. The van der Waals surface area contributed by atoms with Gasteiger partial charge in [-0.05, 0) is 13.0 Å². The van der Waals surface area contributed by atoms with Gasteiger partial charge >= 0.3 is 5.97 Å². The summed E-state index contributed by atoms with van der Waals surface area (Å²) >= 11 is 0. The van der Waals surface area contributed by atoms with Gasteiger partial charge in [-0.3, -0.25) is 0 Å². The summed E-state index contributed by atoms with van der Waals surface area (Å²) < 4.78 is 29.7. The summed E-state index contributed by atoms with van der Waals surface area (Å²) in [5.74, 6) is -1.77. The van der Waals surface area contributed by atoms with Crippen molar-refractivity contribution in [2.45, 2.75) is 13.3 Å². The van der Waals surface area contributed by atoms with Gasteiger partial charge in [0.2, 0.25) is 5.88 Å². The Bertz CT molecular complexity index is 393. The van der Waals surface area contributed by atoms with Crippen LogP contribution in [0.15, 0.2) is 6.07 Å². The lowest BCUT2D eigenvalue weighted by atomic mass is 10.1. The molecule has 15 heavy (non-hydrogen) atoms. The van der Waals surface area contributed by atoms with Gasteiger partial charge in [-0.25, -0.2) is 18.6 Å². The second-order valence-electron chi connectivity index (χ2n) is 2.84. The van der Waals surface area contributed by atoms with Crippen LogP contribution in [0.4, 0.5) is 8.78 Å². The normalized spacial score (nSPS) is 10.5. The number of methoxy groups -OCH3 is 1. The molecular weight excluding hydrogens is 208 g/mol. The number of nitrogens with zero attached hydrogens (tertiary/aromatic N) is 1. The number of hydrogen-bond acceptors (Lipinski definition) is 3. The highest BCUT2D eigenvalue weighted by molar-refractivity contribution is 5.92. The first-order valence-corrected chi connectivity index (χ1v) is 4.04. The number of alkyl halides is 2. The number of carbonyl (C=O) groups is 1. The van der Waals surface area contributed by atoms with Crippen LogP contribution in [-0.4, -0.2) is 23.2 Å². The van der Waals surface area contributed by atoms with Crippen molar-refractivity contribution in [3.63, 3.8) is 0 Å². The van der Waals surface area contributed by atoms with Crippen LogP contribution in [0.2, 0.25) is 0 Å². The molecule has 1 aromatic heterocycles. The maximum absolute atomic E-state index is 12.5. The van der Waals surface area contributed by atoms with Gasteiger partial charge in [0.25, 0.3) is 6.43 Å². The second kappa shape index (κ2) is 4.20. The van der Waals surface area contributed by atoms with Crippen molar-refractivity contribution in [1.29, 1.82) is 0 Å². The summed E-state index contributed by atoms with van der Waals surface area (Å²) in [5, 5.41) is 8.76.